The molecule has 1 aromatic heterocycles. The summed E-state index contributed by atoms with van der Waals surface area (Å²) < 4.78 is 43.0. The van der Waals surface area contributed by atoms with Gasteiger partial charge in [-0.25, -0.2) is 4.79 Å². The Bertz CT molecular complexity index is 1680. The molecule has 0 spiro atoms. The maximum absolute atomic E-state index is 13.9. The van der Waals surface area contributed by atoms with Gasteiger partial charge in [0, 0.05) is 0 Å². The van der Waals surface area contributed by atoms with Gasteiger partial charge in [-0.2, -0.15) is 18.4 Å². The van der Waals surface area contributed by atoms with Gasteiger partial charge in [-0.3, -0.25) is 4.79 Å². The first-order chi connectivity index (χ1) is 17.9. The molecule has 4 rings (SSSR count). The van der Waals surface area contributed by atoms with E-state index in [4.69, 9.17) is 0 Å². The molecule has 8 heteroatoms. The van der Waals surface area contributed by atoms with Crippen molar-refractivity contribution >= 4 is 5.97 Å². The number of hydrogen-bond donors (Lipinski definition) is 1. The van der Waals surface area contributed by atoms with Crippen LogP contribution in [0, 0.1) is 32.1 Å². The van der Waals surface area contributed by atoms with Crippen LogP contribution in [-0.2, 0) is 12.7 Å². The number of carboxylic acids is 1. The van der Waals surface area contributed by atoms with E-state index < -0.39 is 28.8 Å². The van der Waals surface area contributed by atoms with E-state index in [-0.39, 0.29) is 17.8 Å². The van der Waals surface area contributed by atoms with Crippen LogP contribution in [0.1, 0.15) is 43.7 Å². The Kier molecular flexibility index (Phi) is 6.97. The molecule has 0 aliphatic heterocycles. The molecule has 0 unspecified atom stereocenters. The molecular weight excluding hydrogens is 493 g/mol. The largest absolute Gasteiger partial charge is 0.478 e. The summed E-state index contributed by atoms with van der Waals surface area (Å²) >= 11 is 0. The van der Waals surface area contributed by atoms with E-state index in [1.165, 1.54) is 16.7 Å². The summed E-state index contributed by atoms with van der Waals surface area (Å²) in [6.45, 7) is 5.38. The van der Waals surface area contributed by atoms with Gasteiger partial charge < -0.3 is 9.67 Å². The van der Waals surface area contributed by atoms with Crippen LogP contribution in [0.3, 0.4) is 0 Å². The van der Waals surface area contributed by atoms with E-state index in [9.17, 15) is 33.1 Å². The highest BCUT2D eigenvalue weighted by atomic mass is 19.4. The number of aryl methyl sites for hydroxylation is 2. The third kappa shape index (κ3) is 4.96. The molecule has 0 bridgehead atoms. The number of nitriles is 1. The first kappa shape index (κ1) is 26.4. The Morgan fingerprint density at radius 2 is 1.66 bits per heavy atom. The maximum Gasteiger partial charge on any atom is 0.417 e. The number of halogens is 3. The van der Waals surface area contributed by atoms with Crippen LogP contribution in [-0.4, -0.2) is 15.6 Å². The summed E-state index contributed by atoms with van der Waals surface area (Å²) in [5.41, 5.74) is 1.37. The fourth-order valence-electron chi connectivity index (χ4n) is 4.59. The summed E-state index contributed by atoms with van der Waals surface area (Å²) in [7, 11) is 0. The van der Waals surface area contributed by atoms with Crippen LogP contribution in [0.2, 0.25) is 0 Å². The molecule has 1 heterocycles. The Morgan fingerprint density at radius 1 is 0.974 bits per heavy atom. The number of nitrogens with zero attached hydrogens (tertiary/aromatic N) is 2. The smallest absolute Gasteiger partial charge is 0.417 e. The molecule has 0 saturated carbocycles. The van der Waals surface area contributed by atoms with Gasteiger partial charge >= 0.3 is 12.1 Å². The number of benzene rings is 3. The average molecular weight is 517 g/mol. The van der Waals surface area contributed by atoms with Gasteiger partial charge in [-0.05, 0) is 72.4 Å². The molecule has 0 saturated heterocycles. The molecule has 0 aliphatic rings. The average Bonchev–Trinajstić information content (AvgIpc) is 2.85. The normalized spacial score (nSPS) is 11.3. The lowest BCUT2D eigenvalue weighted by Crippen LogP contribution is -2.29. The fraction of sp³-hybridized carbons (Fsp3) is 0.167. The maximum atomic E-state index is 13.9. The number of hydrogen-bond acceptors (Lipinski definition) is 3. The molecule has 0 atom stereocenters. The van der Waals surface area contributed by atoms with Crippen molar-refractivity contribution in [1.29, 1.82) is 5.26 Å². The van der Waals surface area contributed by atoms with Crippen molar-refractivity contribution in [2.24, 2.45) is 0 Å². The molecule has 3 aromatic carbocycles. The van der Waals surface area contributed by atoms with Gasteiger partial charge in [0.2, 0.25) is 0 Å². The van der Waals surface area contributed by atoms with Crippen LogP contribution in [0.4, 0.5) is 13.2 Å². The lowest BCUT2D eigenvalue weighted by Gasteiger charge is -2.19. The summed E-state index contributed by atoms with van der Waals surface area (Å²) in [4.78, 5) is 25.0. The molecule has 0 fully saturated rings. The number of carboxylic acid groups (broad SMARTS) is 1. The Hall–Kier alpha value is -4.64. The van der Waals surface area contributed by atoms with Crippen LogP contribution in [0.25, 0.3) is 22.4 Å². The molecular formula is C30H23F3N2O3. The number of aromatic carboxylic acids is 1. The Morgan fingerprint density at radius 3 is 2.29 bits per heavy atom. The van der Waals surface area contributed by atoms with E-state index in [1.807, 2.05) is 32.0 Å². The highest BCUT2D eigenvalue weighted by Crippen LogP contribution is 2.35. The monoisotopic (exact) mass is 516 g/mol. The molecule has 192 valence electrons. The third-order valence-electron chi connectivity index (χ3n) is 6.58. The quantitative estimate of drug-likeness (QED) is 0.318. The lowest BCUT2D eigenvalue weighted by molar-refractivity contribution is -0.137. The first-order valence-corrected chi connectivity index (χ1v) is 11.7. The van der Waals surface area contributed by atoms with E-state index in [2.05, 4.69) is 0 Å². The summed E-state index contributed by atoms with van der Waals surface area (Å²) in [5, 5.41) is 19.0. The number of alkyl halides is 3. The molecule has 38 heavy (non-hydrogen) atoms. The minimum Gasteiger partial charge on any atom is -0.478 e. The van der Waals surface area contributed by atoms with Crippen molar-refractivity contribution in [3.63, 3.8) is 0 Å². The lowest BCUT2D eigenvalue weighted by atomic mass is 9.94. The number of carbonyl (C=O) groups is 1. The van der Waals surface area contributed by atoms with Gasteiger partial charge in [0.25, 0.3) is 5.56 Å². The zero-order chi connectivity index (χ0) is 27.8. The second kappa shape index (κ2) is 10.0. The second-order valence-electron chi connectivity index (χ2n) is 9.11. The minimum atomic E-state index is -4.91. The molecule has 0 radical (unpaired) electrons. The Balaban J connectivity index is 1.99. The van der Waals surface area contributed by atoms with Gasteiger partial charge in [-0.1, -0.05) is 54.1 Å². The van der Waals surface area contributed by atoms with E-state index in [0.29, 0.717) is 22.3 Å². The number of pyridine rings is 1. The van der Waals surface area contributed by atoms with Gasteiger partial charge in [0.05, 0.1) is 23.4 Å². The standard InChI is InChI=1S/C30H23F3N2O3/c1-17-10-11-22(18(2)12-17)16-35-27(14-26(30(31,32)33)25(15-34)28(35)36)21-7-4-6-20(13-21)23-8-5-9-24(19(23)3)29(37)38/h4-14H,16H2,1-3H3,(H,37,38). The topological polar surface area (TPSA) is 83.1 Å². The minimum absolute atomic E-state index is 0.00445. The molecule has 5 nitrogen and oxygen atoms in total. The SMILES string of the molecule is Cc1ccc(Cn2c(-c3cccc(-c4cccc(C(=O)O)c4C)c3)cc(C(F)(F)F)c(C#N)c2=O)c(C)c1. The predicted octanol–water partition coefficient (Wildman–Crippen LogP) is 6.74. The zero-order valence-corrected chi connectivity index (χ0v) is 20.8. The zero-order valence-electron chi connectivity index (χ0n) is 20.8. The van der Waals surface area contributed by atoms with Crippen molar-refractivity contribution in [2.45, 2.75) is 33.5 Å². The second-order valence-corrected chi connectivity index (χ2v) is 9.11. The van der Waals surface area contributed by atoms with E-state index in [0.717, 1.165) is 22.8 Å². The van der Waals surface area contributed by atoms with Crippen LogP contribution < -0.4 is 5.56 Å². The van der Waals surface area contributed by atoms with E-state index in [1.54, 1.807) is 43.3 Å². The predicted molar refractivity (Wildman–Crippen MR) is 138 cm³/mol. The van der Waals surface area contributed by atoms with Crippen LogP contribution in [0.15, 0.2) is 71.5 Å². The number of rotatable bonds is 5. The molecule has 0 aliphatic carbocycles. The third-order valence-corrected chi connectivity index (χ3v) is 6.58. The summed E-state index contributed by atoms with van der Waals surface area (Å²) in [6, 6.07) is 19.2. The van der Waals surface area contributed by atoms with Crippen molar-refractivity contribution in [3.8, 4) is 28.5 Å². The highest BCUT2D eigenvalue weighted by Gasteiger charge is 2.36. The van der Waals surface area contributed by atoms with E-state index >= 15 is 0 Å². The molecule has 0 amide bonds. The number of aromatic nitrogens is 1. The highest BCUT2D eigenvalue weighted by molar-refractivity contribution is 5.92. The molecule has 4 aromatic rings. The first-order valence-electron chi connectivity index (χ1n) is 11.7. The van der Waals surface area contributed by atoms with Crippen molar-refractivity contribution in [3.05, 3.63) is 116 Å². The fourth-order valence-corrected chi connectivity index (χ4v) is 4.59. The van der Waals surface area contributed by atoms with Gasteiger partial charge in [0.15, 0.2) is 0 Å². The van der Waals surface area contributed by atoms with Crippen molar-refractivity contribution in [1.82, 2.24) is 4.57 Å². The summed E-state index contributed by atoms with van der Waals surface area (Å²) in [5.74, 6) is -1.09. The van der Waals surface area contributed by atoms with Crippen LogP contribution in [0.5, 0.6) is 0 Å². The summed E-state index contributed by atoms with van der Waals surface area (Å²) in [6.07, 6.45) is -4.91. The van der Waals surface area contributed by atoms with Crippen molar-refractivity contribution < 1.29 is 23.1 Å². The van der Waals surface area contributed by atoms with Crippen LogP contribution >= 0.6 is 0 Å². The van der Waals surface area contributed by atoms with Crippen molar-refractivity contribution in [2.75, 3.05) is 0 Å². The van der Waals surface area contributed by atoms with Gasteiger partial charge in [-0.15, -0.1) is 0 Å². The van der Waals surface area contributed by atoms with Gasteiger partial charge in [0.1, 0.15) is 11.6 Å². The Labute approximate surface area is 217 Å². The molecule has 1 N–H and O–H groups in total.